The Bertz CT molecular complexity index is 1780. The third kappa shape index (κ3) is 3.93. The zero-order chi connectivity index (χ0) is 27.1. The van der Waals surface area contributed by atoms with Gasteiger partial charge in [-0.25, -0.2) is 0 Å². The highest BCUT2D eigenvalue weighted by atomic mass is 35.5. The minimum Gasteiger partial charge on any atom is -0.376 e. The number of anilines is 3. The van der Waals surface area contributed by atoms with Crippen LogP contribution in [-0.2, 0) is 5.60 Å². The van der Waals surface area contributed by atoms with Crippen molar-refractivity contribution in [1.29, 1.82) is 0 Å². The minimum absolute atomic E-state index is 0.683. The summed E-state index contributed by atoms with van der Waals surface area (Å²) in [5, 5.41) is 13.6. The van der Waals surface area contributed by atoms with Crippen LogP contribution in [0.1, 0.15) is 16.7 Å². The maximum Gasteiger partial charge on any atom is 0.142 e. The van der Waals surface area contributed by atoms with E-state index >= 15 is 0 Å². The molecule has 0 saturated heterocycles. The molecule has 7 rings (SSSR count). The molecule has 0 amide bonds. The SMILES string of the molecule is OC1(c2ccccc2-c2ccc(Cl)cc2)c2ccccc2-c2ccc(N(c3ccccc3)c3ccccc3)cc21. The summed E-state index contributed by atoms with van der Waals surface area (Å²) in [5.74, 6) is 0. The van der Waals surface area contributed by atoms with Crippen LogP contribution < -0.4 is 4.90 Å². The van der Waals surface area contributed by atoms with Crippen LogP contribution in [0, 0.1) is 0 Å². The van der Waals surface area contributed by atoms with Crippen LogP contribution in [0.25, 0.3) is 22.3 Å². The first-order valence-electron chi connectivity index (χ1n) is 13.4. The first-order chi connectivity index (χ1) is 19.6. The second-order valence-electron chi connectivity index (χ2n) is 10.0. The van der Waals surface area contributed by atoms with E-state index in [0.717, 1.165) is 56.0 Å². The Balaban J connectivity index is 1.47. The van der Waals surface area contributed by atoms with Gasteiger partial charge in [-0.05, 0) is 70.8 Å². The van der Waals surface area contributed by atoms with Gasteiger partial charge in [0.25, 0.3) is 0 Å². The van der Waals surface area contributed by atoms with E-state index in [-0.39, 0.29) is 0 Å². The van der Waals surface area contributed by atoms with Crippen LogP contribution in [0.4, 0.5) is 17.1 Å². The maximum absolute atomic E-state index is 13.0. The van der Waals surface area contributed by atoms with Crippen molar-refractivity contribution in [3.8, 4) is 22.3 Å². The molecule has 1 aliphatic rings. The smallest absolute Gasteiger partial charge is 0.142 e. The van der Waals surface area contributed by atoms with E-state index in [1.54, 1.807) is 0 Å². The number of hydrogen-bond donors (Lipinski definition) is 1. The molecule has 192 valence electrons. The van der Waals surface area contributed by atoms with E-state index < -0.39 is 5.60 Å². The number of hydrogen-bond acceptors (Lipinski definition) is 2. The molecule has 0 radical (unpaired) electrons. The molecule has 0 aliphatic heterocycles. The van der Waals surface area contributed by atoms with E-state index in [1.807, 2.05) is 97.1 Å². The van der Waals surface area contributed by atoms with Crippen LogP contribution in [-0.4, -0.2) is 5.11 Å². The summed E-state index contributed by atoms with van der Waals surface area (Å²) < 4.78 is 0. The topological polar surface area (TPSA) is 23.5 Å². The first kappa shape index (κ1) is 24.4. The van der Waals surface area contributed by atoms with Crippen LogP contribution in [0.15, 0.2) is 152 Å². The van der Waals surface area contributed by atoms with Gasteiger partial charge >= 0.3 is 0 Å². The highest BCUT2D eigenvalue weighted by Crippen LogP contribution is 2.54. The number of aliphatic hydroxyl groups is 1. The van der Waals surface area contributed by atoms with Crippen molar-refractivity contribution in [3.05, 3.63) is 173 Å². The molecule has 1 N–H and O–H groups in total. The highest BCUT2D eigenvalue weighted by molar-refractivity contribution is 6.30. The van der Waals surface area contributed by atoms with Gasteiger partial charge in [0, 0.05) is 38.8 Å². The van der Waals surface area contributed by atoms with Crippen molar-refractivity contribution in [2.45, 2.75) is 5.60 Å². The number of nitrogens with zero attached hydrogens (tertiary/aromatic N) is 1. The molecule has 0 fully saturated rings. The zero-order valence-corrected chi connectivity index (χ0v) is 22.5. The van der Waals surface area contributed by atoms with Crippen molar-refractivity contribution in [3.63, 3.8) is 0 Å². The lowest BCUT2D eigenvalue weighted by molar-refractivity contribution is 0.131. The van der Waals surface area contributed by atoms with Crippen LogP contribution >= 0.6 is 11.6 Å². The number of benzene rings is 6. The molecule has 0 heterocycles. The first-order valence-corrected chi connectivity index (χ1v) is 13.7. The van der Waals surface area contributed by atoms with Gasteiger partial charge in [-0.1, -0.05) is 115 Å². The van der Waals surface area contributed by atoms with Crippen molar-refractivity contribution in [1.82, 2.24) is 0 Å². The normalized spacial score (nSPS) is 15.3. The standard InChI is InChI=1S/C37H26ClNO/c38-27-21-19-26(20-22-27)31-15-7-9-17-34(31)37(40)35-18-10-8-16-32(35)33-24-23-30(25-36(33)37)39(28-11-3-1-4-12-28)29-13-5-2-6-14-29/h1-25,40H. The fraction of sp³-hybridized carbons (Fsp3) is 0.0270. The summed E-state index contributed by atoms with van der Waals surface area (Å²) in [6.45, 7) is 0. The molecule has 1 aliphatic carbocycles. The minimum atomic E-state index is -1.35. The number of rotatable bonds is 5. The fourth-order valence-electron chi connectivity index (χ4n) is 5.96. The van der Waals surface area contributed by atoms with E-state index in [9.17, 15) is 5.11 Å². The molecule has 6 aromatic rings. The highest BCUT2D eigenvalue weighted by Gasteiger charge is 2.44. The van der Waals surface area contributed by atoms with Gasteiger partial charge < -0.3 is 10.0 Å². The third-order valence-electron chi connectivity index (χ3n) is 7.76. The average Bonchev–Trinajstić information content (AvgIpc) is 3.27. The van der Waals surface area contributed by atoms with Gasteiger partial charge in [-0.3, -0.25) is 0 Å². The summed E-state index contributed by atoms with van der Waals surface area (Å²) in [5.41, 5.74) is 8.37. The molecule has 0 bridgehead atoms. The molecular weight excluding hydrogens is 510 g/mol. The lowest BCUT2D eigenvalue weighted by atomic mass is 9.80. The molecule has 0 spiro atoms. The predicted octanol–water partition coefficient (Wildman–Crippen LogP) is 9.74. The van der Waals surface area contributed by atoms with Gasteiger partial charge in [0.1, 0.15) is 5.60 Å². The van der Waals surface area contributed by atoms with Gasteiger partial charge in [-0.2, -0.15) is 0 Å². The number of fused-ring (bicyclic) bond motifs is 3. The summed E-state index contributed by atoms with van der Waals surface area (Å²) in [6, 6.07) is 51.2. The Hall–Kier alpha value is -4.63. The summed E-state index contributed by atoms with van der Waals surface area (Å²) in [4.78, 5) is 2.23. The quantitative estimate of drug-likeness (QED) is 0.237. The molecule has 2 nitrogen and oxygen atoms in total. The number of para-hydroxylation sites is 2. The Morgan fingerprint density at radius 1 is 0.450 bits per heavy atom. The maximum atomic E-state index is 13.0. The third-order valence-corrected chi connectivity index (χ3v) is 8.01. The van der Waals surface area contributed by atoms with Crippen molar-refractivity contribution >= 4 is 28.7 Å². The average molecular weight is 536 g/mol. The Kier molecular flexibility index (Phi) is 6.00. The summed E-state index contributed by atoms with van der Waals surface area (Å²) in [6.07, 6.45) is 0. The second kappa shape index (κ2) is 9.84. The van der Waals surface area contributed by atoms with E-state index in [4.69, 9.17) is 11.6 Å². The Morgan fingerprint density at radius 3 is 1.57 bits per heavy atom. The van der Waals surface area contributed by atoms with E-state index in [1.165, 1.54) is 0 Å². The van der Waals surface area contributed by atoms with E-state index in [0.29, 0.717) is 5.02 Å². The van der Waals surface area contributed by atoms with Crippen LogP contribution in [0.3, 0.4) is 0 Å². The van der Waals surface area contributed by atoms with Crippen molar-refractivity contribution in [2.24, 2.45) is 0 Å². The fourth-order valence-corrected chi connectivity index (χ4v) is 6.08. The second-order valence-corrected chi connectivity index (χ2v) is 10.5. The van der Waals surface area contributed by atoms with Crippen molar-refractivity contribution in [2.75, 3.05) is 4.90 Å². The molecule has 1 unspecified atom stereocenters. The lowest BCUT2D eigenvalue weighted by Gasteiger charge is -2.31. The molecule has 6 aromatic carbocycles. The summed E-state index contributed by atoms with van der Waals surface area (Å²) >= 11 is 6.22. The zero-order valence-electron chi connectivity index (χ0n) is 21.7. The van der Waals surface area contributed by atoms with E-state index in [2.05, 4.69) is 59.5 Å². The monoisotopic (exact) mass is 535 g/mol. The molecule has 3 heteroatoms. The largest absolute Gasteiger partial charge is 0.376 e. The van der Waals surface area contributed by atoms with Crippen LogP contribution in [0.5, 0.6) is 0 Å². The summed E-state index contributed by atoms with van der Waals surface area (Å²) in [7, 11) is 0. The lowest BCUT2D eigenvalue weighted by Crippen LogP contribution is -2.27. The van der Waals surface area contributed by atoms with Crippen molar-refractivity contribution < 1.29 is 5.11 Å². The van der Waals surface area contributed by atoms with Gasteiger partial charge in [0.05, 0.1) is 0 Å². The molecule has 1 atom stereocenters. The molecule has 40 heavy (non-hydrogen) atoms. The Morgan fingerprint density at radius 2 is 0.950 bits per heavy atom. The van der Waals surface area contributed by atoms with Gasteiger partial charge in [0.15, 0.2) is 0 Å². The van der Waals surface area contributed by atoms with Crippen LogP contribution in [0.2, 0.25) is 5.02 Å². The Labute approximate surface area is 239 Å². The van der Waals surface area contributed by atoms with Gasteiger partial charge in [-0.15, -0.1) is 0 Å². The molecule has 0 saturated carbocycles. The molecular formula is C37H26ClNO. The number of halogens is 1. The molecule has 0 aromatic heterocycles. The predicted molar refractivity (Wildman–Crippen MR) is 166 cm³/mol. The van der Waals surface area contributed by atoms with Gasteiger partial charge in [0.2, 0.25) is 0 Å².